The highest BCUT2D eigenvalue weighted by Gasteiger charge is 2.24. The van der Waals surface area contributed by atoms with Gasteiger partial charge in [-0.05, 0) is 45.2 Å². The first-order valence-corrected chi connectivity index (χ1v) is 15.1. The molecule has 1 fully saturated rings. The topological polar surface area (TPSA) is 137 Å². The summed E-state index contributed by atoms with van der Waals surface area (Å²) in [6.07, 6.45) is 3.14. The number of nitriles is 1. The number of aromatic nitrogens is 4. The van der Waals surface area contributed by atoms with Crippen molar-refractivity contribution < 1.29 is 14.6 Å². The Labute approximate surface area is 261 Å². The minimum Gasteiger partial charge on any atom is -0.491 e. The summed E-state index contributed by atoms with van der Waals surface area (Å²) in [4.78, 5) is 44.1. The fourth-order valence-electron chi connectivity index (χ4n) is 5.59. The average Bonchev–Trinajstić information content (AvgIpc) is 3.35. The van der Waals surface area contributed by atoms with Gasteiger partial charge >= 0.3 is 5.97 Å². The van der Waals surface area contributed by atoms with Gasteiger partial charge in [0, 0.05) is 53.4 Å². The van der Waals surface area contributed by atoms with Crippen LogP contribution in [0.3, 0.4) is 0 Å². The van der Waals surface area contributed by atoms with Crippen LogP contribution >= 0.6 is 22.9 Å². The summed E-state index contributed by atoms with van der Waals surface area (Å²) in [6.45, 7) is 6.89. The maximum atomic E-state index is 13.8. The zero-order chi connectivity index (χ0) is 31.1. The highest BCUT2D eigenvalue weighted by Crippen LogP contribution is 2.41. The number of aryl methyl sites for hydroxylation is 2. The van der Waals surface area contributed by atoms with E-state index in [0.29, 0.717) is 61.7 Å². The number of hydrogen-bond acceptors (Lipinski definition) is 10. The van der Waals surface area contributed by atoms with Crippen LogP contribution in [-0.4, -0.2) is 75.3 Å². The van der Waals surface area contributed by atoms with Crippen LogP contribution < -0.4 is 15.2 Å². The van der Waals surface area contributed by atoms with E-state index in [2.05, 4.69) is 25.9 Å². The van der Waals surface area contributed by atoms with E-state index in [1.54, 1.807) is 50.5 Å². The number of carboxylic acids is 1. The molecule has 5 heterocycles. The first-order chi connectivity index (χ1) is 21.2. The first kappa shape index (κ1) is 29.5. The molecule has 1 aromatic carbocycles. The Bertz CT molecular complexity index is 2040. The second-order valence-electron chi connectivity index (χ2n) is 10.6. The van der Waals surface area contributed by atoms with Crippen molar-refractivity contribution in [2.24, 2.45) is 0 Å². The quantitative estimate of drug-likeness (QED) is 0.269. The molecule has 0 saturated carbocycles. The molecule has 11 nitrogen and oxygen atoms in total. The zero-order valence-electron chi connectivity index (χ0n) is 24.3. The number of nitrogens with zero attached hydrogens (tertiary/aromatic N) is 7. The molecule has 0 atom stereocenters. The standard InChI is InChI=1S/C31H28ClN7O4S/c1-17-25(31(41)42)27-28(44-17)20(6-7-34-27)21-14-19(32)4-5-24(21)43-13-12-39-18(2)36-23-16-35-29(22(15-33)26(23)30(39)40)38-10-8-37(3)9-11-38/h4-7,14,16H,8-13H2,1-3H3,(H,41,42). The van der Waals surface area contributed by atoms with Gasteiger partial charge in [0.2, 0.25) is 0 Å². The molecule has 13 heteroatoms. The van der Waals surface area contributed by atoms with Crippen LogP contribution in [0.15, 0.2) is 41.5 Å². The van der Waals surface area contributed by atoms with E-state index < -0.39 is 5.97 Å². The summed E-state index contributed by atoms with van der Waals surface area (Å²) in [6, 6.07) is 9.25. The molecule has 0 radical (unpaired) electrons. The van der Waals surface area contributed by atoms with Gasteiger partial charge in [0.05, 0.1) is 39.4 Å². The molecule has 0 aliphatic carbocycles. The van der Waals surface area contributed by atoms with Gasteiger partial charge in [-0.3, -0.25) is 14.3 Å². The number of aromatic carboxylic acids is 1. The number of carboxylic acid groups (broad SMARTS) is 1. The Kier molecular flexibility index (Phi) is 7.94. The summed E-state index contributed by atoms with van der Waals surface area (Å²) < 4.78 is 8.45. The van der Waals surface area contributed by atoms with Crippen molar-refractivity contribution in [3.8, 4) is 22.9 Å². The lowest BCUT2D eigenvalue weighted by atomic mass is 10.0. The number of pyridine rings is 2. The van der Waals surface area contributed by atoms with E-state index in [1.807, 2.05) is 11.9 Å². The number of carbonyl (C=O) groups is 1. The molecule has 4 aromatic heterocycles. The normalized spacial score (nSPS) is 13.8. The maximum Gasteiger partial charge on any atom is 0.339 e. The molecule has 1 N–H and O–H groups in total. The van der Waals surface area contributed by atoms with Crippen LogP contribution in [-0.2, 0) is 6.54 Å². The second kappa shape index (κ2) is 11.8. The Morgan fingerprint density at radius 1 is 1.16 bits per heavy atom. The first-order valence-electron chi connectivity index (χ1n) is 14.0. The number of piperazine rings is 1. The third kappa shape index (κ3) is 5.23. The number of halogens is 1. The molecule has 1 saturated heterocycles. The van der Waals surface area contributed by atoms with Crippen LogP contribution in [0.5, 0.6) is 5.75 Å². The van der Waals surface area contributed by atoms with Gasteiger partial charge in [0.1, 0.15) is 35.6 Å². The monoisotopic (exact) mass is 629 g/mol. The molecule has 1 aliphatic heterocycles. The molecule has 0 spiro atoms. The second-order valence-corrected chi connectivity index (χ2v) is 12.3. The van der Waals surface area contributed by atoms with Crippen molar-refractivity contribution in [1.82, 2.24) is 24.4 Å². The smallest absolute Gasteiger partial charge is 0.339 e. The van der Waals surface area contributed by atoms with Crippen LogP contribution in [0.1, 0.15) is 26.6 Å². The van der Waals surface area contributed by atoms with Crippen LogP contribution in [0.25, 0.3) is 32.2 Å². The minimum atomic E-state index is -1.03. The molecule has 6 rings (SSSR count). The summed E-state index contributed by atoms with van der Waals surface area (Å²) in [7, 11) is 2.05. The maximum absolute atomic E-state index is 13.8. The van der Waals surface area contributed by atoms with Gasteiger partial charge in [0.25, 0.3) is 5.56 Å². The van der Waals surface area contributed by atoms with Crippen LogP contribution in [0, 0.1) is 25.2 Å². The predicted molar refractivity (Wildman–Crippen MR) is 170 cm³/mol. The Hall–Kier alpha value is -4.57. The Morgan fingerprint density at radius 2 is 1.93 bits per heavy atom. The van der Waals surface area contributed by atoms with Gasteiger partial charge in [0.15, 0.2) is 0 Å². The van der Waals surface area contributed by atoms with Crippen molar-refractivity contribution in [1.29, 1.82) is 5.26 Å². The van der Waals surface area contributed by atoms with Gasteiger partial charge in [-0.1, -0.05) is 11.6 Å². The van der Waals surface area contributed by atoms with Gasteiger partial charge in [-0.25, -0.2) is 14.8 Å². The number of ether oxygens (including phenoxy) is 1. The summed E-state index contributed by atoms with van der Waals surface area (Å²) >= 11 is 7.73. The van der Waals surface area contributed by atoms with Crippen molar-refractivity contribution >= 4 is 55.8 Å². The molecule has 44 heavy (non-hydrogen) atoms. The number of benzene rings is 1. The van der Waals surface area contributed by atoms with Crippen molar-refractivity contribution in [2.75, 3.05) is 44.7 Å². The highest BCUT2D eigenvalue weighted by molar-refractivity contribution is 7.20. The lowest BCUT2D eigenvalue weighted by molar-refractivity contribution is 0.0698. The van der Waals surface area contributed by atoms with E-state index in [9.17, 15) is 20.0 Å². The third-order valence-corrected chi connectivity index (χ3v) is 9.21. The van der Waals surface area contributed by atoms with E-state index in [0.717, 1.165) is 18.7 Å². The Balaban J connectivity index is 1.33. The predicted octanol–water partition coefficient (Wildman–Crippen LogP) is 4.74. The molecular weight excluding hydrogens is 602 g/mol. The van der Waals surface area contributed by atoms with Gasteiger partial charge in [-0.2, -0.15) is 5.26 Å². The molecule has 0 unspecified atom stereocenters. The van der Waals surface area contributed by atoms with Gasteiger partial charge in [-0.15, -0.1) is 11.3 Å². The number of hydrogen-bond donors (Lipinski definition) is 1. The number of likely N-dealkylation sites (N-methyl/N-ethyl adjacent to an activating group) is 1. The largest absolute Gasteiger partial charge is 0.491 e. The van der Waals surface area contributed by atoms with Gasteiger partial charge < -0.3 is 19.6 Å². The lowest BCUT2D eigenvalue weighted by Gasteiger charge is -2.33. The number of rotatable bonds is 7. The Morgan fingerprint density at radius 3 is 2.66 bits per heavy atom. The summed E-state index contributed by atoms with van der Waals surface area (Å²) in [5, 5.41) is 20.6. The van der Waals surface area contributed by atoms with Crippen LogP contribution in [0.4, 0.5) is 5.82 Å². The van der Waals surface area contributed by atoms with E-state index in [4.69, 9.17) is 16.3 Å². The van der Waals surface area contributed by atoms with Crippen LogP contribution in [0.2, 0.25) is 5.02 Å². The van der Waals surface area contributed by atoms with Crippen molar-refractivity contribution in [2.45, 2.75) is 20.4 Å². The minimum absolute atomic E-state index is 0.124. The number of anilines is 1. The molecule has 0 bridgehead atoms. The highest BCUT2D eigenvalue weighted by atomic mass is 35.5. The van der Waals surface area contributed by atoms with E-state index in [-0.39, 0.29) is 35.2 Å². The fourth-order valence-corrected chi connectivity index (χ4v) is 6.89. The average molecular weight is 630 g/mol. The molecule has 0 amide bonds. The number of thiophene rings is 1. The fraction of sp³-hybridized carbons (Fsp3) is 0.290. The van der Waals surface area contributed by atoms with E-state index >= 15 is 0 Å². The molecule has 5 aromatic rings. The molecular formula is C31H28ClN7O4S. The summed E-state index contributed by atoms with van der Waals surface area (Å²) in [5.41, 5.74) is 2.30. The molecule has 224 valence electrons. The number of fused-ring (bicyclic) bond motifs is 2. The van der Waals surface area contributed by atoms with Crippen molar-refractivity contribution in [3.05, 3.63) is 73.9 Å². The molecule has 1 aliphatic rings. The van der Waals surface area contributed by atoms with E-state index in [1.165, 1.54) is 15.9 Å². The lowest BCUT2D eigenvalue weighted by Crippen LogP contribution is -2.45. The SMILES string of the molecule is Cc1sc2c(-c3cc(Cl)ccc3OCCn3c(C)nc4cnc(N5CCN(C)CC5)c(C#N)c4c3=O)ccnc2c1C(=O)O. The van der Waals surface area contributed by atoms with Crippen molar-refractivity contribution in [3.63, 3.8) is 0 Å². The zero-order valence-corrected chi connectivity index (χ0v) is 25.9. The third-order valence-electron chi connectivity index (χ3n) is 7.85. The summed E-state index contributed by atoms with van der Waals surface area (Å²) in [5.74, 6) is 0.467.